The molecule has 0 radical (unpaired) electrons. The van der Waals surface area contributed by atoms with Crippen molar-refractivity contribution < 1.29 is 91.7 Å². The van der Waals surface area contributed by atoms with Gasteiger partial charge in [-0.25, -0.2) is 13.6 Å². The van der Waals surface area contributed by atoms with Gasteiger partial charge in [-0.2, -0.15) is 25.3 Å². The second kappa shape index (κ2) is 11.8. The van der Waals surface area contributed by atoms with Crippen LogP contribution >= 0.6 is 0 Å². The molecule has 20 nitrogen and oxygen atoms in total. The van der Waals surface area contributed by atoms with E-state index < -0.39 is 105 Å². The van der Waals surface area contributed by atoms with Crippen molar-refractivity contribution in [1.82, 2.24) is 0 Å². The van der Waals surface area contributed by atoms with E-state index in [1.807, 2.05) is 0 Å². The van der Waals surface area contributed by atoms with Crippen molar-refractivity contribution in [3.8, 4) is 0 Å². The molecule has 2 heterocycles. The first-order valence-corrected chi connectivity index (χ1v) is 13.2. The fourth-order valence-corrected chi connectivity index (χ4v) is 5.23. The molecule has 9 atom stereocenters. The summed E-state index contributed by atoms with van der Waals surface area (Å²) < 4.78 is 118. The minimum absolute atomic E-state index is 0.889. The van der Waals surface area contributed by atoms with Crippen LogP contribution in [0.25, 0.3) is 0 Å². The maximum atomic E-state index is 12.3. The Hall–Kier alpha value is -0.710. The Kier molecular flexibility index (Phi) is 10.3. The van der Waals surface area contributed by atoms with Crippen LogP contribution in [-0.4, -0.2) is 135 Å². The van der Waals surface area contributed by atoms with E-state index in [0.29, 0.717) is 0 Å². The fourth-order valence-electron chi connectivity index (χ4n) is 3.29. The first-order valence-electron chi connectivity index (χ1n) is 9.05. The first kappa shape index (κ1) is 30.5. The van der Waals surface area contributed by atoms with Gasteiger partial charge in [-0.05, 0) is 0 Å². The van der Waals surface area contributed by atoms with Crippen molar-refractivity contribution in [3.05, 3.63) is 0 Å². The molecular formula is C12H22O20S3. The highest BCUT2D eigenvalue weighted by Crippen LogP contribution is 2.34. The summed E-state index contributed by atoms with van der Waals surface area (Å²) in [6, 6.07) is 0. The van der Waals surface area contributed by atoms with E-state index in [9.17, 15) is 40.6 Å². The Morgan fingerprint density at radius 2 is 1.43 bits per heavy atom. The average Bonchev–Trinajstić information content (AvgIpc) is 3.03. The lowest BCUT2D eigenvalue weighted by Gasteiger charge is -2.42. The molecule has 0 bridgehead atoms. The van der Waals surface area contributed by atoms with Crippen molar-refractivity contribution in [1.29, 1.82) is 0 Å². The summed E-state index contributed by atoms with van der Waals surface area (Å²) >= 11 is 0. The Labute approximate surface area is 197 Å². The van der Waals surface area contributed by atoms with Crippen molar-refractivity contribution >= 4 is 30.9 Å². The van der Waals surface area contributed by atoms with E-state index in [0.717, 1.165) is 0 Å². The monoisotopic (exact) mass is 582 g/mol. The molecule has 0 aromatic rings. The number of ether oxygens (including phenoxy) is 4. The Morgan fingerprint density at radius 1 is 0.800 bits per heavy atom. The van der Waals surface area contributed by atoms with E-state index in [-0.39, 0.29) is 0 Å². The normalized spacial score (nSPS) is 36.9. The van der Waals surface area contributed by atoms with Crippen LogP contribution in [0.3, 0.4) is 0 Å². The topological polar surface area (TPSA) is 309 Å². The minimum Gasteiger partial charge on any atom is -0.394 e. The number of hydrogen-bond donors (Lipinski definition) is 7. The van der Waals surface area contributed by atoms with Crippen molar-refractivity contribution in [3.63, 3.8) is 0 Å². The standard InChI is InChI=1S/C12H22O20S3/c13-1-4-6(15)8(5(28-4)2-27-34(20,21)22)29-12-10(33(18,19)32-17)9(31-35(23,24)25)7(16)11(30-12)26-3-14/h4-17H,1-3H2,(H,20,21,22)(H,23,24,25). The van der Waals surface area contributed by atoms with Gasteiger partial charge in [0.2, 0.25) is 0 Å². The molecular weight excluding hydrogens is 560 g/mol. The van der Waals surface area contributed by atoms with Gasteiger partial charge < -0.3 is 39.4 Å². The second-order valence-corrected chi connectivity index (χ2v) is 10.7. The summed E-state index contributed by atoms with van der Waals surface area (Å²) in [4.78, 5) is 0. The third kappa shape index (κ3) is 7.89. The number of rotatable bonds is 12. The van der Waals surface area contributed by atoms with Gasteiger partial charge in [0.15, 0.2) is 17.8 Å². The predicted octanol–water partition coefficient (Wildman–Crippen LogP) is -5.30. The first-order chi connectivity index (χ1) is 16.0. The highest BCUT2D eigenvalue weighted by atomic mass is 32.3. The summed E-state index contributed by atoms with van der Waals surface area (Å²) in [5.74, 6) is 0. The third-order valence-corrected chi connectivity index (χ3v) is 6.93. The zero-order valence-corrected chi connectivity index (χ0v) is 19.4. The van der Waals surface area contributed by atoms with Crippen molar-refractivity contribution in [2.24, 2.45) is 0 Å². The van der Waals surface area contributed by atoms with Gasteiger partial charge in [0.1, 0.15) is 43.4 Å². The largest absolute Gasteiger partial charge is 0.397 e. The molecule has 2 saturated heterocycles. The van der Waals surface area contributed by atoms with Crippen LogP contribution in [0.15, 0.2) is 0 Å². The molecule has 9 unspecified atom stereocenters. The Bertz CT molecular complexity index is 1010. The molecule has 0 spiro atoms. The predicted molar refractivity (Wildman–Crippen MR) is 99.8 cm³/mol. The molecule has 2 aliphatic heterocycles. The fraction of sp³-hybridized carbons (Fsp3) is 1.00. The van der Waals surface area contributed by atoms with Crippen LogP contribution in [-0.2, 0) is 62.6 Å². The molecule has 0 amide bonds. The van der Waals surface area contributed by atoms with Crippen LogP contribution in [0.2, 0.25) is 0 Å². The molecule has 0 saturated carbocycles. The van der Waals surface area contributed by atoms with Crippen LogP contribution in [0.1, 0.15) is 0 Å². The SMILES string of the molecule is O=S(=O)(O)OCC1OC(CO)C(O)C1OC1OC(OCO)C(O)C(OS(=O)(=O)O)C1S(=O)(=O)OO. The lowest BCUT2D eigenvalue weighted by molar-refractivity contribution is -0.337. The molecule has 23 heteroatoms. The van der Waals surface area contributed by atoms with E-state index in [2.05, 4.69) is 17.4 Å². The maximum Gasteiger partial charge on any atom is 0.397 e. The maximum absolute atomic E-state index is 12.3. The number of aliphatic hydroxyl groups is 4. The molecule has 0 aliphatic carbocycles. The van der Waals surface area contributed by atoms with Gasteiger partial charge >= 0.3 is 30.9 Å². The van der Waals surface area contributed by atoms with Crippen LogP contribution < -0.4 is 0 Å². The highest BCUT2D eigenvalue weighted by Gasteiger charge is 2.58. The van der Waals surface area contributed by atoms with Crippen LogP contribution in [0.4, 0.5) is 0 Å². The summed E-state index contributed by atoms with van der Waals surface area (Å²) in [5, 5.41) is 45.0. The van der Waals surface area contributed by atoms with Crippen molar-refractivity contribution in [2.75, 3.05) is 20.0 Å². The Morgan fingerprint density at radius 3 is 1.91 bits per heavy atom. The average molecular weight is 582 g/mol. The number of aliphatic hydroxyl groups excluding tert-OH is 4. The van der Waals surface area contributed by atoms with Gasteiger partial charge in [-0.3, -0.25) is 9.11 Å². The molecule has 2 aliphatic rings. The second-order valence-electron chi connectivity index (χ2n) is 6.88. The van der Waals surface area contributed by atoms with Gasteiger partial charge in [-0.15, -0.1) is 4.33 Å². The lowest BCUT2D eigenvalue weighted by Crippen LogP contribution is -2.64. The van der Waals surface area contributed by atoms with Gasteiger partial charge in [-0.1, -0.05) is 0 Å². The van der Waals surface area contributed by atoms with Crippen molar-refractivity contribution in [2.45, 2.75) is 54.5 Å². The zero-order valence-electron chi connectivity index (χ0n) is 17.0. The minimum atomic E-state index is -5.52. The molecule has 35 heavy (non-hydrogen) atoms. The van der Waals surface area contributed by atoms with E-state index >= 15 is 0 Å². The zero-order chi connectivity index (χ0) is 26.8. The third-order valence-electron chi connectivity index (χ3n) is 4.67. The summed E-state index contributed by atoms with van der Waals surface area (Å²) in [7, 11) is -16.0. The molecule has 2 fully saturated rings. The van der Waals surface area contributed by atoms with Crippen LogP contribution in [0, 0.1) is 0 Å². The lowest BCUT2D eigenvalue weighted by atomic mass is 10.1. The number of hydrogen-bond acceptors (Lipinski definition) is 18. The van der Waals surface area contributed by atoms with Gasteiger partial charge in [0.05, 0.1) is 13.2 Å². The summed E-state index contributed by atoms with van der Waals surface area (Å²) in [6.07, 6.45) is -16.5. The molecule has 2 rings (SSSR count). The Balaban J connectivity index is 2.48. The van der Waals surface area contributed by atoms with E-state index in [1.54, 1.807) is 0 Å². The molecule has 0 aromatic heterocycles. The molecule has 208 valence electrons. The summed E-state index contributed by atoms with van der Waals surface area (Å²) in [6.45, 7) is -3.16. The molecule has 7 N–H and O–H groups in total. The quantitative estimate of drug-likeness (QED) is 0.0489. The molecule has 0 aromatic carbocycles. The van der Waals surface area contributed by atoms with Crippen LogP contribution in [0.5, 0.6) is 0 Å². The van der Waals surface area contributed by atoms with E-state index in [1.165, 1.54) is 0 Å². The van der Waals surface area contributed by atoms with Gasteiger partial charge in [0, 0.05) is 0 Å². The van der Waals surface area contributed by atoms with E-state index in [4.69, 9.17) is 33.7 Å². The highest BCUT2D eigenvalue weighted by molar-refractivity contribution is 7.87. The summed E-state index contributed by atoms with van der Waals surface area (Å²) in [5.41, 5.74) is 0. The smallest absolute Gasteiger partial charge is 0.394 e. The van der Waals surface area contributed by atoms with Gasteiger partial charge in [0.25, 0.3) is 0 Å².